The topological polar surface area (TPSA) is 34.2 Å². The number of benzene rings is 1. The van der Waals surface area contributed by atoms with Gasteiger partial charge >= 0.3 is 0 Å². The van der Waals surface area contributed by atoms with E-state index in [-0.39, 0.29) is 6.10 Å². The highest BCUT2D eigenvalue weighted by Crippen LogP contribution is 2.41. The fourth-order valence-corrected chi connectivity index (χ4v) is 2.50. The zero-order chi connectivity index (χ0) is 14.1. The normalized spacial score (nSPS) is 14.8. The minimum Gasteiger partial charge on any atom is -0.491 e. The van der Waals surface area contributed by atoms with Crippen LogP contribution in [-0.4, -0.2) is 17.6 Å². The summed E-state index contributed by atoms with van der Waals surface area (Å²) in [6.07, 6.45) is 2.74. The second-order valence-corrected chi connectivity index (χ2v) is 5.74. The fourth-order valence-electron chi connectivity index (χ4n) is 2.50. The zero-order valence-electron chi connectivity index (χ0n) is 12.4. The van der Waals surface area contributed by atoms with Crippen molar-refractivity contribution in [3.8, 4) is 5.75 Å². The average molecular weight is 270 g/mol. The van der Waals surface area contributed by atoms with Crippen molar-refractivity contribution < 1.29 is 4.74 Å². The summed E-state index contributed by atoms with van der Waals surface area (Å²) in [6, 6.07) is 8.39. The lowest BCUT2D eigenvalue weighted by Crippen LogP contribution is -2.06. The summed E-state index contributed by atoms with van der Waals surface area (Å²) < 4.78 is 5.79. The first kappa shape index (κ1) is 13.2. The van der Waals surface area contributed by atoms with Crippen LogP contribution in [0.2, 0.25) is 0 Å². The lowest BCUT2D eigenvalue weighted by molar-refractivity contribution is 0.243. The van der Waals surface area contributed by atoms with E-state index in [0.717, 1.165) is 23.2 Å². The highest BCUT2D eigenvalue weighted by Gasteiger charge is 2.26. The van der Waals surface area contributed by atoms with Gasteiger partial charge in [0, 0.05) is 29.2 Å². The highest BCUT2D eigenvalue weighted by atomic mass is 16.5. The fraction of sp³-hybridized carbons (Fsp3) is 0.471. The summed E-state index contributed by atoms with van der Waals surface area (Å²) in [7, 11) is 0. The Hall–Kier alpha value is -1.77. The standard InChI is InChI=1S/C17H22N2O/c1-4-18-17-10-16(12-5-6-12)19-15-8-7-13(9-14(15)17)20-11(2)3/h7-12H,4-6H2,1-3H3,(H,18,19). The van der Waals surface area contributed by atoms with E-state index in [4.69, 9.17) is 9.72 Å². The Kier molecular flexibility index (Phi) is 3.51. The van der Waals surface area contributed by atoms with Crippen LogP contribution in [0.4, 0.5) is 5.69 Å². The maximum atomic E-state index is 5.79. The maximum Gasteiger partial charge on any atom is 0.120 e. The van der Waals surface area contributed by atoms with Crippen molar-refractivity contribution in [1.29, 1.82) is 0 Å². The number of fused-ring (bicyclic) bond motifs is 1. The Labute approximate surface area is 120 Å². The monoisotopic (exact) mass is 270 g/mol. The van der Waals surface area contributed by atoms with Crippen LogP contribution in [0.25, 0.3) is 10.9 Å². The van der Waals surface area contributed by atoms with Crippen molar-refractivity contribution in [2.75, 3.05) is 11.9 Å². The molecular formula is C17H22N2O. The summed E-state index contributed by atoms with van der Waals surface area (Å²) in [6.45, 7) is 7.13. The highest BCUT2D eigenvalue weighted by molar-refractivity contribution is 5.92. The van der Waals surface area contributed by atoms with Gasteiger partial charge in [-0.1, -0.05) is 0 Å². The average Bonchev–Trinajstić information content (AvgIpc) is 3.23. The maximum absolute atomic E-state index is 5.79. The molecule has 0 saturated heterocycles. The second-order valence-electron chi connectivity index (χ2n) is 5.74. The number of hydrogen-bond donors (Lipinski definition) is 1. The van der Waals surface area contributed by atoms with Crippen molar-refractivity contribution in [3.05, 3.63) is 30.0 Å². The number of aromatic nitrogens is 1. The van der Waals surface area contributed by atoms with Crippen molar-refractivity contribution >= 4 is 16.6 Å². The molecule has 0 atom stereocenters. The summed E-state index contributed by atoms with van der Waals surface area (Å²) >= 11 is 0. The molecule has 1 saturated carbocycles. The van der Waals surface area contributed by atoms with Gasteiger partial charge in [0.25, 0.3) is 0 Å². The smallest absolute Gasteiger partial charge is 0.120 e. The predicted octanol–water partition coefficient (Wildman–Crippen LogP) is 4.33. The molecule has 106 valence electrons. The molecule has 1 fully saturated rings. The molecule has 1 aromatic heterocycles. The van der Waals surface area contributed by atoms with Crippen LogP contribution in [0.15, 0.2) is 24.3 Å². The number of nitrogens with zero attached hydrogens (tertiary/aromatic N) is 1. The van der Waals surface area contributed by atoms with Gasteiger partial charge in [0.15, 0.2) is 0 Å². The molecule has 1 heterocycles. The van der Waals surface area contributed by atoms with Crippen LogP contribution in [-0.2, 0) is 0 Å². The molecule has 1 aromatic carbocycles. The summed E-state index contributed by atoms with van der Waals surface area (Å²) in [5.41, 5.74) is 3.46. The van der Waals surface area contributed by atoms with E-state index in [9.17, 15) is 0 Å². The van der Waals surface area contributed by atoms with Crippen LogP contribution in [0.5, 0.6) is 5.75 Å². The molecule has 0 spiro atoms. The van der Waals surface area contributed by atoms with E-state index < -0.39 is 0 Å². The van der Waals surface area contributed by atoms with Gasteiger partial charge in [-0.15, -0.1) is 0 Å². The molecule has 1 N–H and O–H groups in total. The first-order valence-electron chi connectivity index (χ1n) is 7.52. The minimum absolute atomic E-state index is 0.189. The number of hydrogen-bond acceptors (Lipinski definition) is 3. The second kappa shape index (κ2) is 5.31. The summed E-state index contributed by atoms with van der Waals surface area (Å²) in [4.78, 5) is 4.80. The Morgan fingerprint density at radius 1 is 1.30 bits per heavy atom. The van der Waals surface area contributed by atoms with Gasteiger partial charge < -0.3 is 10.1 Å². The van der Waals surface area contributed by atoms with Gasteiger partial charge in [0.2, 0.25) is 0 Å². The molecule has 0 bridgehead atoms. The number of anilines is 1. The molecule has 0 radical (unpaired) electrons. The predicted molar refractivity (Wildman–Crippen MR) is 83.6 cm³/mol. The van der Waals surface area contributed by atoms with Crippen molar-refractivity contribution in [3.63, 3.8) is 0 Å². The van der Waals surface area contributed by atoms with Crippen molar-refractivity contribution in [2.45, 2.75) is 45.6 Å². The van der Waals surface area contributed by atoms with Gasteiger partial charge in [-0.05, 0) is 57.9 Å². The van der Waals surface area contributed by atoms with E-state index in [1.165, 1.54) is 24.2 Å². The number of ether oxygens (including phenoxy) is 1. The molecule has 20 heavy (non-hydrogen) atoms. The van der Waals surface area contributed by atoms with Crippen LogP contribution >= 0.6 is 0 Å². The van der Waals surface area contributed by atoms with E-state index in [1.54, 1.807) is 0 Å². The molecule has 1 aliphatic carbocycles. The molecule has 1 aliphatic rings. The number of nitrogens with one attached hydrogen (secondary N) is 1. The number of rotatable bonds is 5. The van der Waals surface area contributed by atoms with Crippen molar-refractivity contribution in [2.24, 2.45) is 0 Å². The van der Waals surface area contributed by atoms with Crippen LogP contribution < -0.4 is 10.1 Å². The molecular weight excluding hydrogens is 248 g/mol. The molecule has 3 heteroatoms. The molecule has 2 aromatic rings. The van der Waals surface area contributed by atoms with Gasteiger partial charge in [-0.3, -0.25) is 4.98 Å². The third-order valence-electron chi connectivity index (χ3n) is 3.53. The van der Waals surface area contributed by atoms with Gasteiger partial charge in [0.1, 0.15) is 5.75 Å². The lowest BCUT2D eigenvalue weighted by Gasteiger charge is -2.14. The van der Waals surface area contributed by atoms with E-state index >= 15 is 0 Å². The van der Waals surface area contributed by atoms with E-state index in [2.05, 4.69) is 30.4 Å². The Morgan fingerprint density at radius 3 is 2.75 bits per heavy atom. The van der Waals surface area contributed by atoms with E-state index in [0.29, 0.717) is 5.92 Å². The number of pyridine rings is 1. The zero-order valence-corrected chi connectivity index (χ0v) is 12.4. The third kappa shape index (κ3) is 2.72. The molecule has 0 amide bonds. The summed E-state index contributed by atoms with van der Waals surface area (Å²) in [5.74, 6) is 1.58. The quantitative estimate of drug-likeness (QED) is 0.878. The Balaban J connectivity index is 2.06. The summed E-state index contributed by atoms with van der Waals surface area (Å²) in [5, 5.41) is 4.61. The van der Waals surface area contributed by atoms with Crippen molar-refractivity contribution in [1.82, 2.24) is 4.98 Å². The van der Waals surface area contributed by atoms with Gasteiger partial charge in [-0.2, -0.15) is 0 Å². The van der Waals surface area contributed by atoms with Crippen LogP contribution in [0.1, 0.15) is 45.2 Å². The molecule has 0 unspecified atom stereocenters. The third-order valence-corrected chi connectivity index (χ3v) is 3.53. The Bertz CT molecular complexity index is 618. The van der Waals surface area contributed by atoms with Gasteiger partial charge in [0.05, 0.1) is 11.6 Å². The van der Waals surface area contributed by atoms with Gasteiger partial charge in [-0.25, -0.2) is 0 Å². The first-order chi connectivity index (χ1) is 9.67. The largest absolute Gasteiger partial charge is 0.491 e. The van der Waals surface area contributed by atoms with Crippen LogP contribution in [0.3, 0.4) is 0 Å². The molecule has 0 aliphatic heterocycles. The Morgan fingerprint density at radius 2 is 2.10 bits per heavy atom. The lowest BCUT2D eigenvalue weighted by atomic mass is 10.1. The SMILES string of the molecule is CCNc1cc(C2CC2)nc2ccc(OC(C)C)cc12. The first-order valence-corrected chi connectivity index (χ1v) is 7.52. The minimum atomic E-state index is 0.189. The molecule has 3 rings (SSSR count). The van der Waals surface area contributed by atoms with Crippen LogP contribution in [0, 0.1) is 0 Å². The van der Waals surface area contributed by atoms with E-state index in [1.807, 2.05) is 19.9 Å². The molecule has 3 nitrogen and oxygen atoms in total.